The normalized spacial score (nSPS) is 12.9. The van der Waals surface area contributed by atoms with E-state index in [0.717, 1.165) is 50.4 Å². The number of rotatable bonds is 6. The van der Waals surface area contributed by atoms with Crippen molar-refractivity contribution >= 4 is 39.0 Å². The predicted molar refractivity (Wildman–Crippen MR) is 243 cm³/mol. The first-order valence-corrected chi connectivity index (χ1v) is 20.0. The van der Waals surface area contributed by atoms with E-state index in [1.54, 1.807) is 0 Å². The lowest BCUT2D eigenvalue weighted by atomic mass is 9.62. The second-order valence-electron chi connectivity index (χ2n) is 15.2. The summed E-state index contributed by atoms with van der Waals surface area (Å²) in [5, 5.41) is 1.16. The first-order chi connectivity index (χ1) is 29.2. The molecule has 0 spiro atoms. The van der Waals surface area contributed by atoms with Crippen LogP contribution in [0, 0.1) is 0 Å². The van der Waals surface area contributed by atoms with Crippen LogP contribution < -0.4 is 10.3 Å². The highest BCUT2D eigenvalue weighted by atomic mass is 16.3. The van der Waals surface area contributed by atoms with E-state index in [-0.39, 0.29) is 5.43 Å². The van der Waals surface area contributed by atoms with Crippen molar-refractivity contribution < 1.29 is 4.42 Å². The number of hydrogen-bond acceptors (Lipinski definition) is 3. The van der Waals surface area contributed by atoms with Gasteiger partial charge in [0.2, 0.25) is 5.43 Å². The van der Waals surface area contributed by atoms with Crippen molar-refractivity contribution in [3.05, 3.63) is 257 Å². The van der Waals surface area contributed by atoms with Gasteiger partial charge in [0.1, 0.15) is 11.2 Å². The molecule has 0 N–H and O–H groups in total. The molecule has 11 rings (SSSR count). The SMILES string of the molecule is O=c1c2ccccc2oc2ccc(-c3ccc(N4c5cc(-c6ccccc6)ccc5C(c5ccccc5)(c5ccccc5)c5ccc(-c6ccccc6)cc54)cc3)cc12. The molecular formula is C56H37NO2. The van der Waals surface area contributed by atoms with Gasteiger partial charge in [0.15, 0.2) is 0 Å². The summed E-state index contributed by atoms with van der Waals surface area (Å²) in [7, 11) is 0. The molecule has 0 aliphatic carbocycles. The van der Waals surface area contributed by atoms with Crippen LogP contribution in [0.3, 0.4) is 0 Å². The van der Waals surface area contributed by atoms with Crippen LogP contribution in [0.4, 0.5) is 17.1 Å². The smallest absolute Gasteiger partial charge is 0.200 e. The summed E-state index contributed by atoms with van der Waals surface area (Å²) in [6.45, 7) is 0. The minimum atomic E-state index is -0.621. The third-order valence-electron chi connectivity index (χ3n) is 11.9. The molecule has 0 saturated carbocycles. The van der Waals surface area contributed by atoms with Gasteiger partial charge in [-0.05, 0) is 104 Å². The number of benzene rings is 9. The van der Waals surface area contributed by atoms with Crippen LogP contribution in [0.1, 0.15) is 22.3 Å². The van der Waals surface area contributed by atoms with Gasteiger partial charge >= 0.3 is 0 Å². The molecule has 59 heavy (non-hydrogen) atoms. The number of anilines is 3. The summed E-state index contributed by atoms with van der Waals surface area (Å²) < 4.78 is 6.14. The molecule has 10 aromatic rings. The summed E-state index contributed by atoms with van der Waals surface area (Å²) in [5.41, 5.74) is 15.2. The molecule has 0 atom stereocenters. The zero-order valence-electron chi connectivity index (χ0n) is 32.1. The van der Waals surface area contributed by atoms with Crippen LogP contribution in [0.15, 0.2) is 234 Å². The molecule has 0 fully saturated rings. The molecule has 278 valence electrons. The number of nitrogens with zero attached hydrogens (tertiary/aromatic N) is 1. The van der Waals surface area contributed by atoms with E-state index in [4.69, 9.17) is 4.42 Å². The highest BCUT2D eigenvalue weighted by molar-refractivity contribution is 5.95. The molecule has 0 bridgehead atoms. The Morgan fingerprint density at radius 1 is 0.356 bits per heavy atom. The highest BCUT2D eigenvalue weighted by Crippen LogP contribution is 2.59. The Hall–Kier alpha value is -7.75. The van der Waals surface area contributed by atoms with Gasteiger partial charge < -0.3 is 9.32 Å². The molecule has 3 nitrogen and oxygen atoms in total. The van der Waals surface area contributed by atoms with Gasteiger partial charge in [-0.3, -0.25) is 4.79 Å². The lowest BCUT2D eigenvalue weighted by molar-refractivity contribution is 0.660. The van der Waals surface area contributed by atoms with Crippen LogP contribution in [-0.2, 0) is 5.41 Å². The van der Waals surface area contributed by atoms with Crippen LogP contribution in [0.25, 0.3) is 55.3 Å². The number of para-hydroxylation sites is 1. The van der Waals surface area contributed by atoms with E-state index in [1.165, 1.54) is 22.3 Å². The Bertz CT molecular complexity index is 3080. The molecule has 0 unspecified atom stereocenters. The van der Waals surface area contributed by atoms with Crippen LogP contribution in [0.5, 0.6) is 0 Å². The van der Waals surface area contributed by atoms with Crippen LogP contribution in [0.2, 0.25) is 0 Å². The van der Waals surface area contributed by atoms with E-state index in [0.29, 0.717) is 21.9 Å². The van der Waals surface area contributed by atoms with Gasteiger partial charge in [0, 0.05) is 5.69 Å². The molecular weight excluding hydrogens is 719 g/mol. The molecule has 0 saturated heterocycles. The Morgan fingerprint density at radius 3 is 1.34 bits per heavy atom. The summed E-state index contributed by atoms with van der Waals surface area (Å²) in [6.07, 6.45) is 0. The maximum atomic E-state index is 13.6. The molecule has 9 aromatic carbocycles. The molecule has 0 radical (unpaired) electrons. The Labute approximate surface area is 342 Å². The molecule has 1 aliphatic rings. The van der Waals surface area contributed by atoms with Crippen molar-refractivity contribution in [2.45, 2.75) is 5.41 Å². The fraction of sp³-hybridized carbons (Fsp3) is 0.0179. The quantitative estimate of drug-likeness (QED) is 0.159. The predicted octanol–water partition coefficient (Wildman–Crippen LogP) is 14.1. The van der Waals surface area contributed by atoms with Gasteiger partial charge in [-0.25, -0.2) is 0 Å². The lowest BCUT2D eigenvalue weighted by Gasteiger charge is -2.47. The van der Waals surface area contributed by atoms with Crippen molar-refractivity contribution in [1.29, 1.82) is 0 Å². The third kappa shape index (κ3) is 5.62. The van der Waals surface area contributed by atoms with Crippen molar-refractivity contribution in [2.24, 2.45) is 0 Å². The zero-order valence-corrected chi connectivity index (χ0v) is 32.1. The Balaban J connectivity index is 1.16. The molecule has 1 aliphatic heterocycles. The molecule has 2 heterocycles. The summed E-state index contributed by atoms with van der Waals surface area (Å²) in [5.74, 6) is 0. The average molecular weight is 756 g/mol. The van der Waals surface area contributed by atoms with E-state index in [2.05, 4.69) is 187 Å². The van der Waals surface area contributed by atoms with E-state index >= 15 is 0 Å². The second-order valence-corrected chi connectivity index (χ2v) is 15.2. The molecule has 3 heteroatoms. The number of fused-ring (bicyclic) bond motifs is 4. The fourth-order valence-electron chi connectivity index (χ4n) is 9.19. The van der Waals surface area contributed by atoms with Crippen molar-refractivity contribution in [3.63, 3.8) is 0 Å². The molecule has 0 amide bonds. The van der Waals surface area contributed by atoms with E-state index in [1.807, 2.05) is 42.5 Å². The van der Waals surface area contributed by atoms with E-state index < -0.39 is 5.41 Å². The van der Waals surface area contributed by atoms with Crippen molar-refractivity contribution in [1.82, 2.24) is 0 Å². The van der Waals surface area contributed by atoms with Gasteiger partial charge in [-0.15, -0.1) is 0 Å². The van der Waals surface area contributed by atoms with Gasteiger partial charge in [0.25, 0.3) is 0 Å². The summed E-state index contributed by atoms with van der Waals surface area (Å²) >= 11 is 0. The largest absolute Gasteiger partial charge is 0.456 e. The second kappa shape index (κ2) is 14.0. The number of hydrogen-bond donors (Lipinski definition) is 0. The first kappa shape index (κ1) is 34.5. The Kier molecular flexibility index (Phi) is 8.20. The summed E-state index contributed by atoms with van der Waals surface area (Å²) in [4.78, 5) is 16.1. The van der Waals surface area contributed by atoms with Crippen LogP contribution >= 0.6 is 0 Å². The minimum Gasteiger partial charge on any atom is -0.456 e. The maximum Gasteiger partial charge on any atom is 0.200 e. The first-order valence-electron chi connectivity index (χ1n) is 20.0. The highest BCUT2D eigenvalue weighted by Gasteiger charge is 2.46. The topological polar surface area (TPSA) is 33.5 Å². The minimum absolute atomic E-state index is 0.0226. The van der Waals surface area contributed by atoms with Gasteiger partial charge in [0.05, 0.1) is 27.6 Å². The van der Waals surface area contributed by atoms with Crippen molar-refractivity contribution in [3.8, 4) is 33.4 Å². The van der Waals surface area contributed by atoms with Gasteiger partial charge in [-0.1, -0.05) is 176 Å². The fourth-order valence-corrected chi connectivity index (χ4v) is 9.19. The Morgan fingerprint density at radius 2 is 0.780 bits per heavy atom. The third-order valence-corrected chi connectivity index (χ3v) is 11.9. The standard InChI is InChI=1S/C56H37NO2/c58-55-47-23-13-14-24-53(47)59-54-34-29-41(35-48(54)55)40-25-30-46(31-26-40)57-51-36-42(38-15-5-1-6-16-38)27-32-49(51)56(44-19-9-3-10-20-44,45-21-11-4-12-22-45)50-33-28-43(37-52(50)57)39-17-7-2-8-18-39/h1-37H. The van der Waals surface area contributed by atoms with E-state index in [9.17, 15) is 4.79 Å². The van der Waals surface area contributed by atoms with Crippen LogP contribution in [-0.4, -0.2) is 0 Å². The monoisotopic (exact) mass is 755 g/mol. The van der Waals surface area contributed by atoms with Gasteiger partial charge in [-0.2, -0.15) is 0 Å². The zero-order chi connectivity index (χ0) is 39.3. The maximum absolute atomic E-state index is 13.6. The molecule has 1 aromatic heterocycles. The van der Waals surface area contributed by atoms with Crippen molar-refractivity contribution in [2.75, 3.05) is 4.90 Å². The lowest BCUT2D eigenvalue weighted by Crippen LogP contribution is -2.37. The average Bonchev–Trinajstić information content (AvgIpc) is 3.32. The summed E-state index contributed by atoms with van der Waals surface area (Å²) in [6, 6.07) is 79.2.